The first-order valence-electron chi connectivity index (χ1n) is 7.79. The Labute approximate surface area is 140 Å². The van der Waals surface area contributed by atoms with Crippen molar-refractivity contribution in [2.45, 2.75) is 26.4 Å². The van der Waals surface area contributed by atoms with Gasteiger partial charge >= 0.3 is 0 Å². The molecule has 0 bridgehead atoms. The number of aromatic nitrogens is 3. The minimum atomic E-state index is -0.587. The van der Waals surface area contributed by atoms with Crippen molar-refractivity contribution >= 4 is 17.9 Å². The lowest BCUT2D eigenvalue weighted by Gasteiger charge is -2.11. The van der Waals surface area contributed by atoms with Gasteiger partial charge in [0.25, 0.3) is 0 Å². The normalized spacial score (nSPS) is 12.1. The van der Waals surface area contributed by atoms with E-state index in [0.717, 1.165) is 5.56 Å². The van der Waals surface area contributed by atoms with E-state index in [1.165, 1.54) is 6.08 Å². The van der Waals surface area contributed by atoms with Crippen LogP contribution in [0.2, 0.25) is 0 Å². The van der Waals surface area contributed by atoms with Gasteiger partial charge in [0.2, 0.25) is 11.8 Å². The van der Waals surface area contributed by atoms with E-state index in [0.29, 0.717) is 18.8 Å². The van der Waals surface area contributed by atoms with Gasteiger partial charge in [-0.05, 0) is 25.5 Å². The van der Waals surface area contributed by atoms with Gasteiger partial charge in [0.15, 0.2) is 0 Å². The third-order valence-electron chi connectivity index (χ3n) is 3.25. The van der Waals surface area contributed by atoms with Crippen LogP contribution in [0.4, 0.5) is 0 Å². The lowest BCUT2D eigenvalue weighted by molar-refractivity contribution is -0.126. The minimum absolute atomic E-state index is 0.215. The predicted molar refractivity (Wildman–Crippen MR) is 90.9 cm³/mol. The summed E-state index contributed by atoms with van der Waals surface area (Å²) in [4.78, 5) is 23.4. The highest BCUT2D eigenvalue weighted by Gasteiger charge is 2.12. The summed E-state index contributed by atoms with van der Waals surface area (Å²) < 4.78 is 1.70. The van der Waals surface area contributed by atoms with E-state index in [-0.39, 0.29) is 11.8 Å². The van der Waals surface area contributed by atoms with Gasteiger partial charge in [0, 0.05) is 12.6 Å². The number of likely N-dealkylation sites (N-methyl/N-ethyl adjacent to an activating group) is 1. The fourth-order valence-corrected chi connectivity index (χ4v) is 2.05. The maximum atomic E-state index is 11.8. The summed E-state index contributed by atoms with van der Waals surface area (Å²) in [6.07, 6.45) is 4.66. The Balaban J connectivity index is 1.88. The Kier molecular flexibility index (Phi) is 6.24. The number of nitrogens with one attached hydrogen (secondary N) is 2. The molecule has 2 amide bonds. The SMILES string of the molecule is CCNC(=O)[C@H](C)NC(=O)/C=C/c1cn(Cc2ccccc2)nn1. The average molecular weight is 327 g/mol. The van der Waals surface area contributed by atoms with Crippen LogP contribution in [-0.2, 0) is 16.1 Å². The van der Waals surface area contributed by atoms with Crippen molar-refractivity contribution in [3.8, 4) is 0 Å². The second kappa shape index (κ2) is 8.61. The van der Waals surface area contributed by atoms with Gasteiger partial charge in [-0.2, -0.15) is 0 Å². The smallest absolute Gasteiger partial charge is 0.244 e. The molecule has 1 aromatic heterocycles. The Bertz CT molecular complexity index is 709. The molecule has 0 saturated heterocycles. The Hall–Kier alpha value is -2.96. The molecule has 2 aromatic rings. The molecule has 0 radical (unpaired) electrons. The summed E-state index contributed by atoms with van der Waals surface area (Å²) in [6.45, 7) is 4.60. The summed E-state index contributed by atoms with van der Waals surface area (Å²) in [7, 11) is 0. The monoisotopic (exact) mass is 327 g/mol. The summed E-state index contributed by atoms with van der Waals surface area (Å²) >= 11 is 0. The third kappa shape index (κ3) is 5.35. The molecule has 0 saturated carbocycles. The van der Waals surface area contributed by atoms with E-state index in [1.807, 2.05) is 37.3 Å². The summed E-state index contributed by atoms with van der Waals surface area (Å²) in [5.74, 6) is -0.570. The molecule has 0 aliphatic carbocycles. The molecular weight excluding hydrogens is 306 g/mol. The second-order valence-corrected chi connectivity index (χ2v) is 5.28. The highest BCUT2D eigenvalue weighted by atomic mass is 16.2. The fourth-order valence-electron chi connectivity index (χ4n) is 2.05. The molecule has 7 heteroatoms. The summed E-state index contributed by atoms with van der Waals surface area (Å²) in [6, 6.07) is 9.32. The number of carbonyl (C=O) groups is 2. The molecule has 0 aliphatic rings. The molecule has 1 aromatic carbocycles. The number of amides is 2. The van der Waals surface area contributed by atoms with E-state index in [9.17, 15) is 9.59 Å². The molecule has 0 fully saturated rings. The molecule has 7 nitrogen and oxygen atoms in total. The Morgan fingerprint density at radius 3 is 2.75 bits per heavy atom. The van der Waals surface area contributed by atoms with Crippen molar-refractivity contribution in [2.24, 2.45) is 0 Å². The number of hydrogen-bond acceptors (Lipinski definition) is 4. The van der Waals surface area contributed by atoms with E-state index in [1.54, 1.807) is 23.9 Å². The van der Waals surface area contributed by atoms with E-state index < -0.39 is 6.04 Å². The number of hydrogen-bond donors (Lipinski definition) is 2. The molecule has 126 valence electrons. The number of nitrogens with zero attached hydrogens (tertiary/aromatic N) is 3. The number of benzene rings is 1. The molecular formula is C17H21N5O2. The van der Waals surface area contributed by atoms with Gasteiger partial charge in [0.05, 0.1) is 12.7 Å². The van der Waals surface area contributed by atoms with Crippen LogP contribution >= 0.6 is 0 Å². The standard InChI is InChI=1S/C17H21N5O2/c1-3-18-17(24)13(2)19-16(23)10-9-15-12-22(21-20-15)11-14-7-5-4-6-8-14/h4-10,12-13H,3,11H2,1-2H3,(H,18,24)(H,19,23)/b10-9+/t13-/m0/s1. The van der Waals surface area contributed by atoms with E-state index in [4.69, 9.17) is 0 Å². The highest BCUT2D eigenvalue weighted by molar-refractivity contribution is 5.95. The molecule has 0 spiro atoms. The maximum Gasteiger partial charge on any atom is 0.244 e. The van der Waals surface area contributed by atoms with Gasteiger partial charge in [-0.15, -0.1) is 5.10 Å². The van der Waals surface area contributed by atoms with Gasteiger partial charge < -0.3 is 10.6 Å². The van der Waals surface area contributed by atoms with Crippen LogP contribution in [0, 0.1) is 0 Å². The van der Waals surface area contributed by atoms with Crippen LogP contribution in [0.25, 0.3) is 6.08 Å². The van der Waals surface area contributed by atoms with Gasteiger partial charge in [-0.25, -0.2) is 4.68 Å². The van der Waals surface area contributed by atoms with E-state index >= 15 is 0 Å². The molecule has 0 aliphatic heterocycles. The topological polar surface area (TPSA) is 88.9 Å². The van der Waals surface area contributed by atoms with Crippen molar-refractivity contribution in [1.29, 1.82) is 0 Å². The van der Waals surface area contributed by atoms with Crippen LogP contribution in [0.15, 0.2) is 42.6 Å². The summed E-state index contributed by atoms with van der Waals surface area (Å²) in [5, 5.41) is 13.3. The number of rotatable bonds is 7. The quantitative estimate of drug-likeness (QED) is 0.742. The predicted octanol–water partition coefficient (Wildman–Crippen LogP) is 0.980. The molecule has 0 unspecified atom stereocenters. The van der Waals surface area contributed by atoms with Gasteiger partial charge in [0.1, 0.15) is 11.7 Å². The molecule has 2 N–H and O–H groups in total. The molecule has 2 rings (SSSR count). The van der Waals surface area contributed by atoms with Crippen LogP contribution in [0.3, 0.4) is 0 Å². The maximum absolute atomic E-state index is 11.8. The zero-order valence-corrected chi connectivity index (χ0v) is 13.8. The minimum Gasteiger partial charge on any atom is -0.355 e. The fraction of sp³-hybridized carbons (Fsp3) is 0.294. The van der Waals surface area contributed by atoms with Crippen molar-refractivity contribution in [2.75, 3.05) is 6.54 Å². The lowest BCUT2D eigenvalue weighted by atomic mass is 10.2. The lowest BCUT2D eigenvalue weighted by Crippen LogP contribution is -2.44. The van der Waals surface area contributed by atoms with Crippen molar-refractivity contribution in [3.05, 3.63) is 53.9 Å². The van der Waals surface area contributed by atoms with Gasteiger partial charge in [-0.1, -0.05) is 35.5 Å². The van der Waals surface area contributed by atoms with Crippen molar-refractivity contribution in [1.82, 2.24) is 25.6 Å². The third-order valence-corrected chi connectivity index (χ3v) is 3.25. The van der Waals surface area contributed by atoms with Crippen LogP contribution in [0.5, 0.6) is 0 Å². The van der Waals surface area contributed by atoms with E-state index in [2.05, 4.69) is 20.9 Å². The molecule has 1 heterocycles. The van der Waals surface area contributed by atoms with Crippen LogP contribution in [-0.4, -0.2) is 39.4 Å². The van der Waals surface area contributed by atoms with Crippen molar-refractivity contribution < 1.29 is 9.59 Å². The molecule has 1 atom stereocenters. The van der Waals surface area contributed by atoms with Crippen molar-refractivity contribution in [3.63, 3.8) is 0 Å². The van der Waals surface area contributed by atoms with Crippen LogP contribution in [0.1, 0.15) is 25.1 Å². The first-order valence-corrected chi connectivity index (χ1v) is 7.79. The first-order chi connectivity index (χ1) is 11.6. The van der Waals surface area contributed by atoms with Gasteiger partial charge in [-0.3, -0.25) is 9.59 Å². The Morgan fingerprint density at radius 2 is 2.04 bits per heavy atom. The highest BCUT2D eigenvalue weighted by Crippen LogP contribution is 2.03. The first kappa shape index (κ1) is 17.4. The zero-order chi connectivity index (χ0) is 17.4. The molecule has 24 heavy (non-hydrogen) atoms. The Morgan fingerprint density at radius 1 is 1.29 bits per heavy atom. The summed E-state index contributed by atoms with van der Waals surface area (Å²) in [5.41, 5.74) is 1.69. The largest absolute Gasteiger partial charge is 0.355 e. The second-order valence-electron chi connectivity index (χ2n) is 5.28. The average Bonchev–Trinajstić information content (AvgIpc) is 3.01. The zero-order valence-electron chi connectivity index (χ0n) is 13.8. The number of carbonyl (C=O) groups excluding carboxylic acids is 2. The van der Waals surface area contributed by atoms with Crippen LogP contribution < -0.4 is 10.6 Å².